The van der Waals surface area contributed by atoms with E-state index in [4.69, 9.17) is 30.4 Å². The van der Waals surface area contributed by atoms with Crippen LogP contribution in [0.5, 0.6) is 0 Å². The molecule has 0 saturated heterocycles. The fourth-order valence-corrected chi connectivity index (χ4v) is 3.41. The van der Waals surface area contributed by atoms with E-state index in [0.717, 1.165) is 0 Å². The number of hydrogen-bond donors (Lipinski definition) is 4. The second-order valence-electron chi connectivity index (χ2n) is 10.4. The average Bonchev–Trinajstić information content (AvgIpc) is 2.47. The molecule has 182 valence electrons. The molecule has 2 amide bonds. The number of amides is 2. The third-order valence-electron chi connectivity index (χ3n) is 4.57. The van der Waals surface area contributed by atoms with Crippen molar-refractivity contribution in [3.63, 3.8) is 0 Å². The standard InChI is InChI=1S/C20H34N4O8/c1-17(2,3)31-15(27)23-19(7-11(21)8-19)29-13(25)14(26)30-20(9-12(22)10-20)24-16(28)32-18(4,5)6/h11-12H,7-10,21-22H2,1-6H3,(H,23,27)(H,24,28). The minimum Gasteiger partial charge on any atom is -0.444 e. The lowest BCUT2D eigenvalue weighted by Gasteiger charge is -2.46. The fourth-order valence-electron chi connectivity index (χ4n) is 3.41. The first-order chi connectivity index (χ1) is 14.4. The van der Waals surface area contributed by atoms with Crippen molar-refractivity contribution < 1.29 is 38.1 Å². The molecule has 2 aliphatic carbocycles. The lowest BCUT2D eigenvalue weighted by molar-refractivity contribution is -0.203. The predicted octanol–water partition coefficient (Wildman–Crippen LogP) is 0.757. The van der Waals surface area contributed by atoms with E-state index in [9.17, 15) is 19.2 Å². The van der Waals surface area contributed by atoms with Gasteiger partial charge in [-0.15, -0.1) is 0 Å². The molecule has 2 fully saturated rings. The largest absolute Gasteiger partial charge is 0.444 e. The molecule has 12 nitrogen and oxygen atoms in total. The number of carbonyl (C=O) groups excluding carboxylic acids is 4. The lowest BCUT2D eigenvalue weighted by atomic mass is 9.83. The molecule has 0 bridgehead atoms. The molecular formula is C20H34N4O8. The minimum absolute atomic E-state index is 0.0947. The highest BCUT2D eigenvalue weighted by molar-refractivity contribution is 6.30. The zero-order valence-electron chi connectivity index (χ0n) is 19.4. The summed E-state index contributed by atoms with van der Waals surface area (Å²) in [5.41, 5.74) is 7.05. The van der Waals surface area contributed by atoms with E-state index in [0.29, 0.717) is 0 Å². The molecule has 0 unspecified atom stereocenters. The first kappa shape index (κ1) is 25.7. The van der Waals surface area contributed by atoms with Gasteiger partial charge in [-0.2, -0.15) is 0 Å². The number of ether oxygens (including phenoxy) is 4. The highest BCUT2D eigenvalue weighted by Gasteiger charge is 2.52. The Hall–Kier alpha value is -2.60. The fraction of sp³-hybridized carbons (Fsp3) is 0.800. The zero-order chi connectivity index (χ0) is 24.5. The number of alkyl carbamates (subject to hydrolysis) is 2. The second-order valence-corrected chi connectivity index (χ2v) is 10.4. The summed E-state index contributed by atoms with van der Waals surface area (Å²) in [5.74, 6) is -2.70. The molecule has 0 atom stereocenters. The molecule has 0 spiro atoms. The third kappa shape index (κ3) is 7.23. The quantitative estimate of drug-likeness (QED) is 0.203. The van der Waals surface area contributed by atoms with Gasteiger partial charge in [0.15, 0.2) is 11.4 Å². The van der Waals surface area contributed by atoms with Crippen molar-refractivity contribution in [1.29, 1.82) is 0 Å². The molecule has 0 heterocycles. The molecule has 0 aromatic carbocycles. The van der Waals surface area contributed by atoms with E-state index in [1.165, 1.54) is 0 Å². The molecular weight excluding hydrogens is 424 g/mol. The van der Waals surface area contributed by atoms with E-state index in [1.807, 2.05) is 0 Å². The van der Waals surface area contributed by atoms with Crippen LogP contribution in [-0.4, -0.2) is 58.9 Å². The third-order valence-corrected chi connectivity index (χ3v) is 4.57. The summed E-state index contributed by atoms with van der Waals surface area (Å²) in [6.07, 6.45) is -1.26. The predicted molar refractivity (Wildman–Crippen MR) is 111 cm³/mol. The summed E-state index contributed by atoms with van der Waals surface area (Å²) in [7, 11) is 0. The molecule has 6 N–H and O–H groups in total. The number of esters is 2. The van der Waals surface area contributed by atoms with Gasteiger partial charge in [-0.25, -0.2) is 19.2 Å². The van der Waals surface area contributed by atoms with Gasteiger partial charge in [0.2, 0.25) is 0 Å². The van der Waals surface area contributed by atoms with Crippen molar-refractivity contribution in [3.8, 4) is 0 Å². The Balaban J connectivity index is 2.00. The van der Waals surface area contributed by atoms with Crippen LogP contribution in [0.2, 0.25) is 0 Å². The van der Waals surface area contributed by atoms with E-state index < -0.39 is 46.8 Å². The Morgan fingerprint density at radius 3 is 1.19 bits per heavy atom. The van der Waals surface area contributed by atoms with Crippen LogP contribution in [0.15, 0.2) is 0 Å². The van der Waals surface area contributed by atoms with Crippen LogP contribution in [0.1, 0.15) is 67.2 Å². The van der Waals surface area contributed by atoms with Crippen LogP contribution in [-0.2, 0) is 28.5 Å². The molecule has 2 rings (SSSR count). The summed E-state index contributed by atoms with van der Waals surface area (Å²) < 4.78 is 20.8. The second kappa shape index (κ2) is 8.74. The highest BCUT2D eigenvalue weighted by Crippen LogP contribution is 2.35. The highest BCUT2D eigenvalue weighted by atomic mass is 16.6. The van der Waals surface area contributed by atoms with Crippen LogP contribution in [0.25, 0.3) is 0 Å². The lowest BCUT2D eigenvalue weighted by Crippen LogP contribution is -2.66. The average molecular weight is 459 g/mol. The van der Waals surface area contributed by atoms with E-state index in [1.54, 1.807) is 41.5 Å². The Labute approximate surface area is 187 Å². The number of carbonyl (C=O) groups is 4. The smallest absolute Gasteiger partial charge is 0.419 e. The van der Waals surface area contributed by atoms with Crippen LogP contribution in [0.3, 0.4) is 0 Å². The number of nitrogens with one attached hydrogen (secondary N) is 2. The van der Waals surface area contributed by atoms with Crippen molar-refractivity contribution in [2.45, 2.75) is 102 Å². The van der Waals surface area contributed by atoms with Crippen molar-refractivity contribution in [2.75, 3.05) is 0 Å². The van der Waals surface area contributed by atoms with Crippen molar-refractivity contribution in [2.24, 2.45) is 11.5 Å². The molecule has 2 saturated carbocycles. The van der Waals surface area contributed by atoms with Crippen LogP contribution in [0, 0.1) is 0 Å². The Morgan fingerprint density at radius 2 is 0.969 bits per heavy atom. The minimum atomic E-state index is -1.49. The zero-order valence-corrected chi connectivity index (χ0v) is 19.4. The van der Waals surface area contributed by atoms with Crippen LogP contribution in [0.4, 0.5) is 9.59 Å². The van der Waals surface area contributed by atoms with Gasteiger partial charge in [0, 0.05) is 37.8 Å². The van der Waals surface area contributed by atoms with E-state index in [-0.39, 0.29) is 37.8 Å². The van der Waals surface area contributed by atoms with Gasteiger partial charge in [-0.1, -0.05) is 0 Å². The number of rotatable bonds is 4. The summed E-state index contributed by atoms with van der Waals surface area (Å²) >= 11 is 0. The Morgan fingerprint density at radius 1 is 0.688 bits per heavy atom. The van der Waals surface area contributed by atoms with Gasteiger partial charge < -0.3 is 30.4 Å². The van der Waals surface area contributed by atoms with Crippen molar-refractivity contribution in [1.82, 2.24) is 10.6 Å². The Bertz CT molecular complexity index is 695. The molecule has 12 heteroatoms. The summed E-state index contributed by atoms with van der Waals surface area (Å²) in [6, 6.07) is -0.669. The summed E-state index contributed by atoms with van der Waals surface area (Å²) in [5, 5.41) is 4.91. The maximum Gasteiger partial charge on any atom is 0.419 e. The Kier molecular flexibility index (Phi) is 7.01. The van der Waals surface area contributed by atoms with Gasteiger partial charge in [0.1, 0.15) is 11.2 Å². The first-order valence-electron chi connectivity index (χ1n) is 10.4. The summed E-state index contributed by atoms with van der Waals surface area (Å²) in [6.45, 7) is 10.1. The topological polar surface area (TPSA) is 181 Å². The SMILES string of the molecule is CC(C)(C)OC(=O)NC1(OC(=O)C(=O)OC2(NC(=O)OC(C)(C)C)CC(N)C2)CC(N)C1. The van der Waals surface area contributed by atoms with Crippen molar-refractivity contribution >= 4 is 24.1 Å². The molecule has 32 heavy (non-hydrogen) atoms. The first-order valence-corrected chi connectivity index (χ1v) is 10.4. The van der Waals surface area contributed by atoms with Crippen LogP contribution >= 0.6 is 0 Å². The van der Waals surface area contributed by atoms with Crippen molar-refractivity contribution in [3.05, 3.63) is 0 Å². The molecule has 0 radical (unpaired) electrons. The maximum atomic E-state index is 12.4. The molecule has 0 aromatic rings. The molecule has 0 aliphatic heterocycles. The monoisotopic (exact) mass is 458 g/mol. The molecule has 2 aliphatic rings. The number of hydrogen-bond acceptors (Lipinski definition) is 10. The number of nitrogens with two attached hydrogens (primary N) is 2. The van der Waals surface area contributed by atoms with Gasteiger partial charge in [-0.3, -0.25) is 10.6 Å². The maximum absolute atomic E-state index is 12.4. The van der Waals surface area contributed by atoms with Gasteiger partial charge in [0.25, 0.3) is 0 Å². The molecule has 0 aromatic heterocycles. The van der Waals surface area contributed by atoms with E-state index in [2.05, 4.69) is 10.6 Å². The van der Waals surface area contributed by atoms with Crippen LogP contribution < -0.4 is 22.1 Å². The van der Waals surface area contributed by atoms with Gasteiger partial charge >= 0.3 is 24.1 Å². The van der Waals surface area contributed by atoms with E-state index >= 15 is 0 Å². The normalized spacial score (nSPS) is 29.5. The van der Waals surface area contributed by atoms with Gasteiger partial charge in [0.05, 0.1) is 0 Å². The van der Waals surface area contributed by atoms with Gasteiger partial charge in [-0.05, 0) is 41.5 Å². The summed E-state index contributed by atoms with van der Waals surface area (Å²) in [4.78, 5) is 49.1.